The summed E-state index contributed by atoms with van der Waals surface area (Å²) in [6.07, 6.45) is 5.67. The highest BCUT2D eigenvalue weighted by molar-refractivity contribution is 5.92. The Morgan fingerprint density at radius 2 is 1.54 bits per heavy atom. The zero-order valence-electron chi connectivity index (χ0n) is 23.0. The maximum Gasteiger partial charge on any atom is 0.243 e. The van der Waals surface area contributed by atoms with Crippen LogP contribution < -0.4 is 14.8 Å². The minimum Gasteiger partial charge on any atom is -0.496 e. The number of carbonyl (C=O) groups excluding carboxylic acids is 1. The fourth-order valence-corrected chi connectivity index (χ4v) is 5.10. The van der Waals surface area contributed by atoms with E-state index in [2.05, 4.69) is 63.3 Å². The molecule has 4 rings (SSSR count). The highest BCUT2D eigenvalue weighted by Gasteiger charge is 2.38. The molecule has 0 heterocycles. The minimum absolute atomic E-state index is 0.0561. The van der Waals surface area contributed by atoms with Crippen LogP contribution in [0.2, 0.25) is 0 Å². The highest BCUT2D eigenvalue weighted by atomic mass is 16.5. The molecule has 3 aromatic rings. The Balaban J connectivity index is 1.86. The molecule has 0 unspecified atom stereocenters. The van der Waals surface area contributed by atoms with Crippen molar-refractivity contribution in [2.24, 2.45) is 0 Å². The average Bonchev–Trinajstić information content (AvgIpc) is 2.89. The van der Waals surface area contributed by atoms with Gasteiger partial charge in [0.25, 0.3) is 0 Å². The molecule has 37 heavy (non-hydrogen) atoms. The molecule has 1 aliphatic rings. The molecule has 0 aliphatic heterocycles. The maximum atomic E-state index is 12.0. The summed E-state index contributed by atoms with van der Waals surface area (Å²) in [6, 6.07) is 20.8. The molecular formula is C33H39NO3. The second-order valence-electron chi connectivity index (χ2n) is 11.1. The largest absolute Gasteiger partial charge is 0.496 e. The molecule has 3 aromatic carbocycles. The molecule has 0 aromatic heterocycles. The standard InChI is InChI=1S/C33H39NO3/c1-7-34-31(35)16-14-23-13-15-29(36-6)25(19-23)26-20-27-28(33(4,5)18-17-32(27,2)3)21-30(26)37-22-24-11-9-8-10-12-24/h8-16,19-21H,7,17-18,22H2,1-6H3,(H,34,35). The van der Waals surface area contributed by atoms with Gasteiger partial charge in [-0.15, -0.1) is 0 Å². The smallest absolute Gasteiger partial charge is 0.243 e. The van der Waals surface area contributed by atoms with Crippen molar-refractivity contribution in [2.75, 3.05) is 13.7 Å². The lowest BCUT2D eigenvalue weighted by atomic mass is 9.62. The molecule has 0 fully saturated rings. The maximum absolute atomic E-state index is 12.0. The van der Waals surface area contributed by atoms with Crippen LogP contribution >= 0.6 is 0 Å². The van der Waals surface area contributed by atoms with Crippen molar-refractivity contribution in [2.45, 2.75) is 64.9 Å². The predicted octanol–water partition coefficient (Wildman–Crippen LogP) is 7.44. The van der Waals surface area contributed by atoms with Gasteiger partial charge in [0, 0.05) is 23.7 Å². The van der Waals surface area contributed by atoms with Gasteiger partial charge in [-0.3, -0.25) is 4.79 Å². The van der Waals surface area contributed by atoms with Gasteiger partial charge in [0.2, 0.25) is 5.91 Å². The number of benzene rings is 3. The van der Waals surface area contributed by atoms with E-state index in [9.17, 15) is 4.79 Å². The second kappa shape index (κ2) is 10.8. The van der Waals surface area contributed by atoms with E-state index in [0.29, 0.717) is 13.2 Å². The Morgan fingerprint density at radius 1 is 0.892 bits per heavy atom. The number of rotatable bonds is 8. The lowest BCUT2D eigenvalue weighted by Crippen LogP contribution is -2.33. The van der Waals surface area contributed by atoms with Crippen LogP contribution in [0.25, 0.3) is 17.2 Å². The first-order chi connectivity index (χ1) is 17.6. The second-order valence-corrected chi connectivity index (χ2v) is 11.1. The zero-order chi connectivity index (χ0) is 26.6. The molecule has 4 nitrogen and oxygen atoms in total. The van der Waals surface area contributed by atoms with E-state index in [1.54, 1.807) is 13.2 Å². The summed E-state index contributed by atoms with van der Waals surface area (Å²) in [5, 5.41) is 2.81. The van der Waals surface area contributed by atoms with Crippen molar-refractivity contribution in [1.82, 2.24) is 5.32 Å². The third-order valence-corrected chi connectivity index (χ3v) is 7.48. The molecule has 0 spiro atoms. The molecule has 0 saturated heterocycles. The van der Waals surface area contributed by atoms with E-state index in [1.165, 1.54) is 11.1 Å². The van der Waals surface area contributed by atoms with E-state index >= 15 is 0 Å². The van der Waals surface area contributed by atoms with Crippen molar-refractivity contribution in [3.63, 3.8) is 0 Å². The van der Waals surface area contributed by atoms with Crippen LogP contribution in [0.5, 0.6) is 11.5 Å². The molecule has 0 bridgehead atoms. The Hall–Kier alpha value is -3.53. The normalized spacial score (nSPS) is 15.7. The van der Waals surface area contributed by atoms with Crippen LogP contribution in [0.15, 0.2) is 66.7 Å². The number of nitrogens with one attached hydrogen (secondary N) is 1. The van der Waals surface area contributed by atoms with Crippen molar-refractivity contribution in [3.05, 3.63) is 89.0 Å². The summed E-state index contributed by atoms with van der Waals surface area (Å²) < 4.78 is 12.4. The summed E-state index contributed by atoms with van der Waals surface area (Å²) in [4.78, 5) is 12.0. The first-order valence-electron chi connectivity index (χ1n) is 13.1. The Bertz CT molecular complexity index is 1290. The van der Waals surface area contributed by atoms with E-state index in [0.717, 1.165) is 46.6 Å². The van der Waals surface area contributed by atoms with E-state index in [4.69, 9.17) is 9.47 Å². The average molecular weight is 498 g/mol. The molecule has 0 saturated carbocycles. The van der Waals surface area contributed by atoms with Gasteiger partial charge >= 0.3 is 0 Å². The first kappa shape index (κ1) is 26.5. The summed E-state index contributed by atoms with van der Waals surface area (Å²) in [5.41, 5.74) is 6.83. The number of amides is 1. The van der Waals surface area contributed by atoms with Gasteiger partial charge in [0.05, 0.1) is 7.11 Å². The van der Waals surface area contributed by atoms with E-state index in [1.807, 2.05) is 43.3 Å². The van der Waals surface area contributed by atoms with Crippen LogP contribution in [0.1, 0.15) is 69.7 Å². The van der Waals surface area contributed by atoms with Gasteiger partial charge in [-0.1, -0.05) is 64.1 Å². The third-order valence-electron chi connectivity index (χ3n) is 7.48. The van der Waals surface area contributed by atoms with Gasteiger partial charge in [-0.05, 0) is 83.2 Å². The molecular weight excluding hydrogens is 458 g/mol. The van der Waals surface area contributed by atoms with E-state index in [-0.39, 0.29) is 16.7 Å². The number of hydrogen-bond acceptors (Lipinski definition) is 3. The van der Waals surface area contributed by atoms with Crippen LogP contribution in [0, 0.1) is 0 Å². The molecule has 1 amide bonds. The fourth-order valence-electron chi connectivity index (χ4n) is 5.10. The monoisotopic (exact) mass is 497 g/mol. The first-order valence-corrected chi connectivity index (χ1v) is 13.1. The van der Waals surface area contributed by atoms with Crippen LogP contribution in [-0.2, 0) is 22.2 Å². The lowest BCUT2D eigenvalue weighted by Gasteiger charge is -2.42. The van der Waals surface area contributed by atoms with Crippen LogP contribution in [0.3, 0.4) is 0 Å². The van der Waals surface area contributed by atoms with Gasteiger partial charge in [0.1, 0.15) is 18.1 Å². The van der Waals surface area contributed by atoms with Gasteiger partial charge in [-0.25, -0.2) is 0 Å². The highest BCUT2D eigenvalue weighted by Crippen LogP contribution is 2.50. The molecule has 1 N–H and O–H groups in total. The summed E-state index contributed by atoms with van der Waals surface area (Å²) in [5.74, 6) is 1.51. The fraction of sp³-hybridized carbons (Fsp3) is 0.364. The van der Waals surface area contributed by atoms with E-state index < -0.39 is 0 Å². The van der Waals surface area contributed by atoms with Crippen molar-refractivity contribution in [1.29, 1.82) is 0 Å². The Kier molecular flexibility index (Phi) is 7.77. The van der Waals surface area contributed by atoms with Gasteiger partial charge in [0.15, 0.2) is 0 Å². The van der Waals surface area contributed by atoms with Crippen LogP contribution in [0.4, 0.5) is 0 Å². The molecule has 0 atom stereocenters. The quantitative estimate of drug-likeness (QED) is 0.329. The van der Waals surface area contributed by atoms with Crippen LogP contribution in [-0.4, -0.2) is 19.6 Å². The SMILES string of the molecule is CCNC(=O)C=Cc1ccc(OC)c(-c2cc3c(cc2OCc2ccccc2)C(C)(C)CCC3(C)C)c1. The number of hydrogen-bond donors (Lipinski definition) is 1. The molecule has 4 heteroatoms. The van der Waals surface area contributed by atoms with Gasteiger partial charge < -0.3 is 14.8 Å². The summed E-state index contributed by atoms with van der Waals surface area (Å²) in [7, 11) is 1.69. The summed E-state index contributed by atoms with van der Waals surface area (Å²) >= 11 is 0. The number of ether oxygens (including phenoxy) is 2. The Morgan fingerprint density at radius 3 is 2.19 bits per heavy atom. The van der Waals surface area contributed by atoms with Crippen molar-refractivity contribution >= 4 is 12.0 Å². The van der Waals surface area contributed by atoms with Gasteiger partial charge in [-0.2, -0.15) is 0 Å². The zero-order valence-corrected chi connectivity index (χ0v) is 23.0. The van der Waals surface area contributed by atoms with Crippen molar-refractivity contribution in [3.8, 4) is 22.6 Å². The molecule has 194 valence electrons. The number of likely N-dealkylation sites (N-methyl/N-ethyl adjacent to an activating group) is 1. The summed E-state index contributed by atoms with van der Waals surface area (Å²) in [6.45, 7) is 12.3. The third kappa shape index (κ3) is 5.90. The predicted molar refractivity (Wildman–Crippen MR) is 152 cm³/mol. The molecule has 0 radical (unpaired) electrons. The lowest BCUT2D eigenvalue weighted by molar-refractivity contribution is -0.116. The number of fused-ring (bicyclic) bond motifs is 1. The molecule has 1 aliphatic carbocycles. The number of methoxy groups -OCH3 is 1. The van der Waals surface area contributed by atoms with Crippen molar-refractivity contribution < 1.29 is 14.3 Å². The number of carbonyl (C=O) groups is 1. The minimum atomic E-state index is -0.107. The topological polar surface area (TPSA) is 47.6 Å². The Labute approximate surface area is 221 Å².